The van der Waals surface area contributed by atoms with Crippen LogP contribution in [0.15, 0.2) is 34.5 Å². The van der Waals surface area contributed by atoms with Gasteiger partial charge in [-0.3, -0.25) is 0 Å². The number of methoxy groups -OCH3 is 1. The van der Waals surface area contributed by atoms with Crippen LogP contribution in [-0.2, 0) is 0 Å². The molecule has 0 bridgehead atoms. The molecule has 0 fully saturated rings. The molecule has 6 nitrogen and oxygen atoms in total. The molecule has 0 spiro atoms. The maximum absolute atomic E-state index is 9.38. The van der Waals surface area contributed by atoms with Crippen molar-refractivity contribution in [1.29, 1.82) is 0 Å². The smallest absolute Gasteiger partial charge is 0.211 e. The Hall–Kier alpha value is -2.50. The van der Waals surface area contributed by atoms with Gasteiger partial charge in [-0.05, 0) is 23.8 Å². The highest BCUT2D eigenvalue weighted by atomic mass is 16.5. The molecular formula is C11H14N4O2. The van der Waals surface area contributed by atoms with E-state index in [2.05, 4.69) is 10.2 Å². The number of hydrogen-bond donors (Lipinski definition) is 3. The molecule has 0 aliphatic carbocycles. The van der Waals surface area contributed by atoms with E-state index in [1.165, 1.54) is 13.3 Å². The molecule has 90 valence electrons. The molecule has 0 aliphatic rings. The van der Waals surface area contributed by atoms with E-state index in [-0.39, 0.29) is 11.7 Å². The third-order valence-corrected chi connectivity index (χ3v) is 1.82. The van der Waals surface area contributed by atoms with Crippen LogP contribution in [0.2, 0.25) is 0 Å². The van der Waals surface area contributed by atoms with Crippen molar-refractivity contribution in [2.45, 2.75) is 0 Å². The van der Waals surface area contributed by atoms with E-state index in [0.717, 1.165) is 5.56 Å². The molecular weight excluding hydrogens is 220 g/mol. The van der Waals surface area contributed by atoms with E-state index in [1.807, 2.05) is 0 Å². The van der Waals surface area contributed by atoms with Gasteiger partial charge < -0.3 is 21.3 Å². The molecule has 1 aromatic carbocycles. The van der Waals surface area contributed by atoms with Gasteiger partial charge in [-0.25, -0.2) is 0 Å². The first kappa shape index (κ1) is 12.6. The monoisotopic (exact) mass is 234 g/mol. The molecule has 0 saturated carbocycles. The Labute approximate surface area is 98.9 Å². The molecule has 0 aliphatic heterocycles. The lowest BCUT2D eigenvalue weighted by Gasteiger charge is -2.03. The Kier molecular flexibility index (Phi) is 4.56. The van der Waals surface area contributed by atoms with Crippen molar-refractivity contribution >= 4 is 18.3 Å². The maximum Gasteiger partial charge on any atom is 0.211 e. The minimum atomic E-state index is -0.0963. The predicted octanol–water partition coefficient (Wildman–Crippen LogP) is 0.673. The van der Waals surface area contributed by atoms with Crippen molar-refractivity contribution < 1.29 is 9.84 Å². The van der Waals surface area contributed by atoms with Crippen LogP contribution in [0.25, 0.3) is 6.08 Å². The molecule has 0 amide bonds. The molecule has 0 atom stereocenters. The van der Waals surface area contributed by atoms with Crippen LogP contribution < -0.4 is 16.2 Å². The third-order valence-electron chi connectivity index (χ3n) is 1.82. The standard InChI is InChI=1S/C11H14N4O2/c1-17-10-7-8(4-5-9(10)16)3-2-6-14-15-11(12)13/h2-7,16H,1H3,(H4,12,13,15). The summed E-state index contributed by atoms with van der Waals surface area (Å²) in [5.74, 6) is 0.410. The number of phenols is 1. The van der Waals surface area contributed by atoms with Gasteiger partial charge in [0.25, 0.3) is 0 Å². The lowest BCUT2D eigenvalue weighted by molar-refractivity contribution is 0.373. The van der Waals surface area contributed by atoms with Gasteiger partial charge in [-0.1, -0.05) is 12.1 Å². The fraction of sp³-hybridized carbons (Fsp3) is 0.0909. The minimum absolute atomic E-state index is 0.0961. The van der Waals surface area contributed by atoms with Gasteiger partial charge in [0.1, 0.15) is 0 Å². The Bertz CT molecular complexity index is 463. The van der Waals surface area contributed by atoms with Crippen LogP contribution >= 0.6 is 0 Å². The summed E-state index contributed by atoms with van der Waals surface area (Å²) in [5.41, 5.74) is 11.0. The SMILES string of the molecule is COc1cc(C=CC=NN=C(N)N)ccc1O. The highest BCUT2D eigenvalue weighted by Crippen LogP contribution is 2.26. The van der Waals surface area contributed by atoms with Crippen LogP contribution in [0.1, 0.15) is 5.56 Å². The van der Waals surface area contributed by atoms with Gasteiger partial charge in [0, 0.05) is 6.21 Å². The van der Waals surface area contributed by atoms with Crippen LogP contribution in [0.5, 0.6) is 11.5 Å². The lowest BCUT2D eigenvalue weighted by atomic mass is 10.2. The fourth-order valence-electron chi connectivity index (χ4n) is 1.09. The molecule has 0 saturated heterocycles. The van der Waals surface area contributed by atoms with Crippen molar-refractivity contribution in [2.24, 2.45) is 21.7 Å². The predicted molar refractivity (Wildman–Crippen MR) is 68.0 cm³/mol. The molecule has 1 rings (SSSR count). The van der Waals surface area contributed by atoms with Gasteiger partial charge >= 0.3 is 0 Å². The zero-order valence-corrected chi connectivity index (χ0v) is 9.37. The van der Waals surface area contributed by atoms with Crippen LogP contribution in [0.3, 0.4) is 0 Å². The van der Waals surface area contributed by atoms with E-state index >= 15 is 0 Å². The van der Waals surface area contributed by atoms with Crippen molar-refractivity contribution in [3.63, 3.8) is 0 Å². The van der Waals surface area contributed by atoms with Crippen LogP contribution in [0.4, 0.5) is 0 Å². The number of benzene rings is 1. The molecule has 0 radical (unpaired) electrons. The third kappa shape index (κ3) is 4.25. The number of aromatic hydroxyl groups is 1. The first-order valence-electron chi connectivity index (χ1n) is 4.79. The first-order valence-corrected chi connectivity index (χ1v) is 4.79. The molecule has 0 unspecified atom stereocenters. The highest BCUT2D eigenvalue weighted by Gasteiger charge is 1.99. The van der Waals surface area contributed by atoms with Crippen molar-refractivity contribution in [3.05, 3.63) is 29.8 Å². The number of ether oxygens (including phenoxy) is 1. The number of guanidine groups is 1. The Morgan fingerprint density at radius 2 is 2.18 bits per heavy atom. The highest BCUT2D eigenvalue weighted by molar-refractivity contribution is 5.80. The van der Waals surface area contributed by atoms with E-state index in [0.29, 0.717) is 5.75 Å². The normalized spacial score (nSPS) is 10.9. The Morgan fingerprint density at radius 3 is 2.82 bits per heavy atom. The zero-order chi connectivity index (χ0) is 12.7. The van der Waals surface area contributed by atoms with Crippen LogP contribution in [-0.4, -0.2) is 24.4 Å². The largest absolute Gasteiger partial charge is 0.504 e. The second-order valence-corrected chi connectivity index (χ2v) is 3.08. The Morgan fingerprint density at radius 1 is 1.41 bits per heavy atom. The van der Waals surface area contributed by atoms with E-state index < -0.39 is 0 Å². The number of allylic oxidation sites excluding steroid dienone is 1. The average Bonchev–Trinajstić information content (AvgIpc) is 2.30. The number of rotatable bonds is 4. The number of phenolic OH excluding ortho intramolecular Hbond substituents is 1. The zero-order valence-electron chi connectivity index (χ0n) is 9.37. The first-order chi connectivity index (χ1) is 8.13. The van der Waals surface area contributed by atoms with E-state index in [9.17, 15) is 5.11 Å². The number of nitrogens with two attached hydrogens (primary N) is 2. The minimum Gasteiger partial charge on any atom is -0.504 e. The molecule has 0 heterocycles. The van der Waals surface area contributed by atoms with E-state index in [1.54, 1.807) is 30.4 Å². The topological polar surface area (TPSA) is 106 Å². The Balaban J connectivity index is 2.72. The van der Waals surface area contributed by atoms with Gasteiger partial charge in [0.05, 0.1) is 7.11 Å². The van der Waals surface area contributed by atoms with Gasteiger partial charge in [-0.15, -0.1) is 5.10 Å². The van der Waals surface area contributed by atoms with Gasteiger partial charge in [0.2, 0.25) is 5.96 Å². The number of hydrogen-bond acceptors (Lipinski definition) is 4. The summed E-state index contributed by atoms with van der Waals surface area (Å²) in [6.45, 7) is 0. The summed E-state index contributed by atoms with van der Waals surface area (Å²) in [7, 11) is 1.49. The van der Waals surface area contributed by atoms with Crippen molar-refractivity contribution in [3.8, 4) is 11.5 Å². The summed E-state index contributed by atoms with van der Waals surface area (Å²) in [6.07, 6.45) is 4.88. The quantitative estimate of drug-likeness (QED) is 0.404. The lowest BCUT2D eigenvalue weighted by Crippen LogP contribution is -2.21. The fourth-order valence-corrected chi connectivity index (χ4v) is 1.09. The second-order valence-electron chi connectivity index (χ2n) is 3.08. The summed E-state index contributed by atoms with van der Waals surface area (Å²) in [4.78, 5) is 0. The van der Waals surface area contributed by atoms with Crippen molar-refractivity contribution in [1.82, 2.24) is 0 Å². The van der Waals surface area contributed by atoms with Gasteiger partial charge in [-0.2, -0.15) is 5.10 Å². The van der Waals surface area contributed by atoms with Gasteiger partial charge in [0.15, 0.2) is 11.5 Å². The van der Waals surface area contributed by atoms with E-state index in [4.69, 9.17) is 16.2 Å². The maximum atomic E-state index is 9.38. The van der Waals surface area contributed by atoms with Crippen LogP contribution in [0, 0.1) is 0 Å². The molecule has 17 heavy (non-hydrogen) atoms. The molecule has 6 heteroatoms. The summed E-state index contributed by atoms with van der Waals surface area (Å²) in [6, 6.07) is 4.98. The number of nitrogens with zero attached hydrogens (tertiary/aromatic N) is 2. The second kappa shape index (κ2) is 6.16. The summed E-state index contributed by atoms with van der Waals surface area (Å²) < 4.78 is 4.97. The molecule has 5 N–H and O–H groups in total. The average molecular weight is 234 g/mol. The summed E-state index contributed by atoms with van der Waals surface area (Å²) in [5, 5.41) is 16.4. The summed E-state index contributed by atoms with van der Waals surface area (Å²) >= 11 is 0. The molecule has 0 aromatic heterocycles. The van der Waals surface area contributed by atoms with Crippen molar-refractivity contribution in [2.75, 3.05) is 7.11 Å². The molecule has 1 aromatic rings.